The Balaban J connectivity index is 0.000000445. The topological polar surface area (TPSA) is 59.6 Å². The van der Waals surface area contributed by atoms with Gasteiger partial charge in [-0.15, -0.1) is 0 Å². The van der Waals surface area contributed by atoms with E-state index in [1.807, 2.05) is 18.2 Å². The van der Waals surface area contributed by atoms with Gasteiger partial charge >= 0.3 is 5.97 Å². The van der Waals surface area contributed by atoms with Crippen LogP contribution in [-0.4, -0.2) is 62.7 Å². The molecule has 3 aromatic rings. The Morgan fingerprint density at radius 2 is 1.76 bits per heavy atom. The van der Waals surface area contributed by atoms with Crippen LogP contribution >= 0.6 is 23.2 Å². The number of carboxylic acids is 1. The van der Waals surface area contributed by atoms with Crippen molar-refractivity contribution in [2.45, 2.75) is 91.6 Å². The number of aromatic nitrogens is 1. The van der Waals surface area contributed by atoms with Crippen molar-refractivity contribution in [2.24, 2.45) is 0 Å². The molecule has 224 valence electrons. The number of nitrogens with zero attached hydrogens (tertiary/aromatic N) is 2. The molecule has 1 aliphatic heterocycles. The molecule has 1 aromatic heterocycles. The van der Waals surface area contributed by atoms with E-state index in [4.69, 9.17) is 28.3 Å². The number of halogens is 3. The summed E-state index contributed by atoms with van der Waals surface area (Å²) in [7, 11) is 0. The van der Waals surface area contributed by atoms with Crippen molar-refractivity contribution in [3.63, 3.8) is 0 Å². The Kier molecular flexibility index (Phi) is 11.1. The molecule has 5 nitrogen and oxygen atoms in total. The quantitative estimate of drug-likeness (QED) is 0.253. The number of aliphatic carboxylic acids is 1. The first-order valence-electron chi connectivity index (χ1n) is 14.3. The third-order valence-electron chi connectivity index (χ3n) is 7.56. The SMILES string of the molecule is CCN(C(C)C)C(C)C.C[C@@H]1Cc2c([nH]c3ccccc23)[C@@H](c2c(Cl)cc(/C=C/C(=O)O)cc2Cl)N1CC(C)(C)F. The highest BCUT2D eigenvalue weighted by molar-refractivity contribution is 6.36. The van der Waals surface area contributed by atoms with Crippen LogP contribution < -0.4 is 0 Å². The summed E-state index contributed by atoms with van der Waals surface area (Å²) in [6.45, 7) is 17.8. The Labute approximate surface area is 254 Å². The van der Waals surface area contributed by atoms with E-state index in [0.29, 0.717) is 33.3 Å². The molecule has 0 unspecified atom stereocenters. The highest BCUT2D eigenvalue weighted by atomic mass is 35.5. The summed E-state index contributed by atoms with van der Waals surface area (Å²) in [6.07, 6.45) is 3.27. The summed E-state index contributed by atoms with van der Waals surface area (Å²) in [5, 5.41) is 10.9. The Morgan fingerprint density at radius 1 is 1.17 bits per heavy atom. The molecule has 4 rings (SSSR count). The van der Waals surface area contributed by atoms with Crippen molar-refractivity contribution in [1.82, 2.24) is 14.8 Å². The summed E-state index contributed by atoms with van der Waals surface area (Å²) in [6, 6.07) is 12.6. The zero-order valence-electron chi connectivity index (χ0n) is 25.4. The largest absolute Gasteiger partial charge is 0.478 e. The fraction of sp³-hybridized carbons (Fsp3) is 0.485. The molecule has 0 fully saturated rings. The third kappa shape index (κ3) is 8.13. The molecule has 0 aliphatic carbocycles. The summed E-state index contributed by atoms with van der Waals surface area (Å²) in [5.41, 5.74) is 3.02. The summed E-state index contributed by atoms with van der Waals surface area (Å²) in [5.74, 6) is -1.05. The van der Waals surface area contributed by atoms with Crippen molar-refractivity contribution < 1.29 is 14.3 Å². The van der Waals surface area contributed by atoms with Crippen molar-refractivity contribution in [3.05, 3.63) is 74.9 Å². The molecule has 0 saturated heterocycles. The van der Waals surface area contributed by atoms with Crippen molar-refractivity contribution in [1.29, 1.82) is 0 Å². The number of fused-ring (bicyclic) bond motifs is 3. The zero-order valence-corrected chi connectivity index (χ0v) is 26.9. The second-order valence-corrected chi connectivity index (χ2v) is 12.8. The van der Waals surface area contributed by atoms with Crippen LogP contribution in [0.2, 0.25) is 10.0 Å². The van der Waals surface area contributed by atoms with E-state index < -0.39 is 11.6 Å². The van der Waals surface area contributed by atoms with Gasteiger partial charge in [0.1, 0.15) is 5.67 Å². The first-order chi connectivity index (χ1) is 19.1. The second-order valence-electron chi connectivity index (χ2n) is 12.0. The smallest absolute Gasteiger partial charge is 0.328 e. The van der Waals surface area contributed by atoms with E-state index in [1.54, 1.807) is 26.0 Å². The fourth-order valence-electron chi connectivity index (χ4n) is 5.95. The number of para-hydroxylation sites is 1. The normalized spacial score (nSPS) is 17.9. The number of hydrogen-bond donors (Lipinski definition) is 2. The van der Waals surface area contributed by atoms with Gasteiger partial charge < -0.3 is 10.1 Å². The Morgan fingerprint density at radius 3 is 2.24 bits per heavy atom. The fourth-order valence-corrected chi connectivity index (χ4v) is 6.66. The highest BCUT2D eigenvalue weighted by Crippen LogP contribution is 2.46. The van der Waals surface area contributed by atoms with Gasteiger partial charge in [0, 0.05) is 63.0 Å². The van der Waals surface area contributed by atoms with Crippen LogP contribution in [-0.2, 0) is 11.2 Å². The lowest BCUT2D eigenvalue weighted by Crippen LogP contribution is -2.48. The minimum Gasteiger partial charge on any atom is -0.478 e. The minimum atomic E-state index is -1.42. The molecule has 0 radical (unpaired) electrons. The van der Waals surface area contributed by atoms with Crippen LogP contribution in [0.1, 0.15) is 83.8 Å². The van der Waals surface area contributed by atoms with E-state index in [1.165, 1.54) is 11.6 Å². The van der Waals surface area contributed by atoms with Gasteiger partial charge in [-0.2, -0.15) is 0 Å². The maximum atomic E-state index is 14.9. The molecular formula is C33H44Cl2FN3O2. The van der Waals surface area contributed by atoms with E-state index in [-0.39, 0.29) is 18.6 Å². The summed E-state index contributed by atoms with van der Waals surface area (Å²) in [4.78, 5) is 19.0. The molecule has 2 N–H and O–H groups in total. The third-order valence-corrected chi connectivity index (χ3v) is 8.19. The van der Waals surface area contributed by atoms with Gasteiger partial charge in [0.2, 0.25) is 0 Å². The van der Waals surface area contributed by atoms with Gasteiger partial charge in [-0.05, 0) is 96.8 Å². The van der Waals surface area contributed by atoms with E-state index in [2.05, 4.69) is 62.4 Å². The molecule has 0 saturated carbocycles. The minimum absolute atomic E-state index is 0.0560. The summed E-state index contributed by atoms with van der Waals surface area (Å²) < 4.78 is 14.9. The van der Waals surface area contributed by atoms with Gasteiger partial charge in [-0.25, -0.2) is 9.18 Å². The summed E-state index contributed by atoms with van der Waals surface area (Å²) >= 11 is 13.5. The van der Waals surface area contributed by atoms with E-state index >= 15 is 0 Å². The number of rotatable bonds is 8. The van der Waals surface area contributed by atoms with Gasteiger partial charge in [-0.3, -0.25) is 9.80 Å². The number of hydrogen-bond acceptors (Lipinski definition) is 3. The van der Waals surface area contributed by atoms with E-state index in [0.717, 1.165) is 35.6 Å². The van der Waals surface area contributed by atoms with Crippen LogP contribution in [0.25, 0.3) is 17.0 Å². The van der Waals surface area contributed by atoms with Crippen LogP contribution in [0, 0.1) is 0 Å². The van der Waals surface area contributed by atoms with Crippen molar-refractivity contribution >= 4 is 46.2 Å². The zero-order chi connectivity index (χ0) is 30.6. The van der Waals surface area contributed by atoms with Crippen molar-refractivity contribution in [2.75, 3.05) is 13.1 Å². The number of alkyl halides is 1. The maximum Gasteiger partial charge on any atom is 0.328 e. The van der Waals surface area contributed by atoms with Crippen LogP contribution in [0.15, 0.2) is 42.5 Å². The number of aromatic amines is 1. The molecule has 8 heteroatoms. The Hall–Kier alpha value is -2.38. The van der Waals surface area contributed by atoms with Gasteiger partial charge in [0.15, 0.2) is 0 Å². The highest BCUT2D eigenvalue weighted by Gasteiger charge is 2.40. The first kappa shape index (κ1) is 33.1. The van der Waals surface area contributed by atoms with E-state index in [9.17, 15) is 9.18 Å². The second kappa shape index (κ2) is 13.7. The lowest BCUT2D eigenvalue weighted by molar-refractivity contribution is -0.131. The number of benzene rings is 2. The average molecular weight is 605 g/mol. The standard InChI is InChI=1S/C25H25Cl2FN2O2.C8H19N/c1-14-10-17-16-6-4-5-7-20(16)29-23(17)24(30(14)13-25(2,3)28)22-18(26)11-15(12-19(22)27)8-9-21(31)32;1-6-9(7(2)3)8(4)5/h4-9,11-12,14,24,29H,10,13H2,1-3H3,(H,31,32);7-8H,6H2,1-5H3/b9-8+;/t14-,24-;/m1./s1. The molecule has 0 bridgehead atoms. The molecule has 0 spiro atoms. The number of carbonyl (C=O) groups is 1. The lowest BCUT2D eigenvalue weighted by Gasteiger charge is -2.43. The average Bonchev–Trinajstić information content (AvgIpc) is 3.21. The molecule has 41 heavy (non-hydrogen) atoms. The molecule has 1 aliphatic rings. The molecule has 2 aromatic carbocycles. The lowest BCUT2D eigenvalue weighted by atomic mass is 9.87. The van der Waals surface area contributed by atoms with Gasteiger partial charge in [-0.1, -0.05) is 48.3 Å². The van der Waals surface area contributed by atoms with Crippen LogP contribution in [0.5, 0.6) is 0 Å². The van der Waals surface area contributed by atoms with Crippen molar-refractivity contribution in [3.8, 4) is 0 Å². The predicted molar refractivity (Wildman–Crippen MR) is 171 cm³/mol. The van der Waals surface area contributed by atoms with Gasteiger partial charge in [0.05, 0.1) is 6.04 Å². The van der Waals surface area contributed by atoms with Gasteiger partial charge in [0.25, 0.3) is 0 Å². The predicted octanol–water partition coefficient (Wildman–Crippen LogP) is 8.78. The molecule has 2 atom stereocenters. The molecule has 2 heterocycles. The number of nitrogens with one attached hydrogen (secondary N) is 1. The maximum absolute atomic E-state index is 14.9. The number of carboxylic acid groups (broad SMARTS) is 1. The Bertz CT molecular complexity index is 1350. The molecule has 0 amide bonds. The number of H-pyrrole nitrogens is 1. The first-order valence-corrected chi connectivity index (χ1v) is 15.1. The van der Waals surface area contributed by atoms with Crippen LogP contribution in [0.4, 0.5) is 4.39 Å². The van der Waals surface area contributed by atoms with Crippen LogP contribution in [0.3, 0.4) is 0 Å². The molecular weight excluding hydrogens is 560 g/mol. The monoisotopic (exact) mass is 603 g/mol.